The molecule has 0 spiro atoms. The molecule has 0 bridgehead atoms. The first-order valence-corrected chi connectivity index (χ1v) is 10.2. The number of hydrogen-bond acceptors (Lipinski definition) is 7. The monoisotopic (exact) mass is 442 g/mol. The van der Waals surface area contributed by atoms with Crippen molar-refractivity contribution in [1.29, 1.82) is 0 Å². The maximum Gasteiger partial charge on any atom is 0.293 e. The molecule has 0 aliphatic carbocycles. The number of ether oxygens (including phenoxy) is 3. The number of thioether (sulfide) groups is 1. The van der Waals surface area contributed by atoms with Crippen LogP contribution in [0.4, 0.5) is 4.79 Å². The van der Waals surface area contributed by atoms with E-state index in [2.05, 4.69) is 5.32 Å². The van der Waals surface area contributed by atoms with Gasteiger partial charge in [0.25, 0.3) is 17.1 Å². The number of rotatable bonds is 8. The number of nitrogens with zero attached hydrogens (tertiary/aromatic N) is 1. The number of carbonyl (C=O) groups excluding carboxylic acids is 3. The molecule has 1 heterocycles. The van der Waals surface area contributed by atoms with Crippen LogP contribution in [0.5, 0.6) is 17.2 Å². The third kappa shape index (κ3) is 4.83. The number of hydrogen-bond donors (Lipinski definition) is 1. The first-order valence-electron chi connectivity index (χ1n) is 9.37. The second kappa shape index (κ2) is 10.0. The smallest absolute Gasteiger partial charge is 0.293 e. The van der Waals surface area contributed by atoms with E-state index in [4.69, 9.17) is 14.2 Å². The van der Waals surface area contributed by atoms with Gasteiger partial charge in [-0.1, -0.05) is 30.3 Å². The highest BCUT2D eigenvalue weighted by Crippen LogP contribution is 2.39. The number of nitrogens with one attached hydrogen (secondary N) is 1. The van der Waals surface area contributed by atoms with Crippen LogP contribution in [0.2, 0.25) is 0 Å². The van der Waals surface area contributed by atoms with Crippen LogP contribution >= 0.6 is 11.8 Å². The Kier molecular flexibility index (Phi) is 7.19. The summed E-state index contributed by atoms with van der Waals surface area (Å²) in [6.45, 7) is 0.144. The minimum absolute atomic E-state index is 0.0537. The summed E-state index contributed by atoms with van der Waals surface area (Å²) in [5.41, 5.74) is 1.08. The highest BCUT2D eigenvalue weighted by atomic mass is 32.2. The molecule has 1 fully saturated rings. The normalized spacial score (nSPS) is 14.7. The van der Waals surface area contributed by atoms with E-state index in [9.17, 15) is 14.4 Å². The van der Waals surface area contributed by atoms with E-state index < -0.39 is 5.91 Å². The van der Waals surface area contributed by atoms with Crippen LogP contribution in [0.25, 0.3) is 6.08 Å². The molecule has 0 atom stereocenters. The van der Waals surface area contributed by atoms with Gasteiger partial charge in [0, 0.05) is 13.1 Å². The van der Waals surface area contributed by atoms with Gasteiger partial charge in [-0.05, 0) is 35.5 Å². The fourth-order valence-electron chi connectivity index (χ4n) is 3.05. The van der Waals surface area contributed by atoms with Crippen molar-refractivity contribution in [3.8, 4) is 17.2 Å². The van der Waals surface area contributed by atoms with E-state index in [1.807, 2.05) is 30.3 Å². The van der Waals surface area contributed by atoms with Crippen LogP contribution in [0.15, 0.2) is 47.4 Å². The molecule has 8 nitrogen and oxygen atoms in total. The summed E-state index contributed by atoms with van der Waals surface area (Å²) in [5.74, 6) is 0.159. The molecule has 2 aromatic rings. The topological polar surface area (TPSA) is 94.2 Å². The summed E-state index contributed by atoms with van der Waals surface area (Å²) >= 11 is 0.882. The second-order valence-corrected chi connectivity index (χ2v) is 7.38. The standard InChI is InChI=1S/C22H22N2O6S/c1-28-16-10-9-15(18(29-2)19(16)30-3)20(25)23-11-12-24-21(26)17(31-22(24)27)13-14-7-5-4-6-8-14/h4-10,13H,11-12H2,1-3H3,(H,23,25). The van der Waals surface area contributed by atoms with Gasteiger partial charge < -0.3 is 19.5 Å². The predicted octanol–water partition coefficient (Wildman–Crippen LogP) is 3.18. The number of imide groups is 1. The molecule has 3 rings (SSSR count). The molecular formula is C22H22N2O6S. The fraction of sp³-hybridized carbons (Fsp3) is 0.227. The zero-order chi connectivity index (χ0) is 22.4. The van der Waals surface area contributed by atoms with Crippen molar-refractivity contribution in [3.63, 3.8) is 0 Å². The Morgan fingerprint density at radius 2 is 1.71 bits per heavy atom. The van der Waals surface area contributed by atoms with E-state index in [1.54, 1.807) is 18.2 Å². The number of amides is 3. The molecule has 0 saturated carbocycles. The number of benzene rings is 2. The predicted molar refractivity (Wildman–Crippen MR) is 118 cm³/mol. The summed E-state index contributed by atoms with van der Waals surface area (Å²) in [7, 11) is 4.36. The Morgan fingerprint density at radius 3 is 2.35 bits per heavy atom. The molecule has 2 aromatic carbocycles. The maximum atomic E-state index is 12.6. The summed E-state index contributed by atoms with van der Waals surface area (Å²) < 4.78 is 15.8. The molecule has 31 heavy (non-hydrogen) atoms. The van der Waals surface area contributed by atoms with Gasteiger partial charge in [-0.2, -0.15) is 0 Å². The summed E-state index contributed by atoms with van der Waals surface area (Å²) in [6, 6.07) is 12.4. The Hall–Kier alpha value is -3.46. The quantitative estimate of drug-likeness (QED) is 0.628. The highest BCUT2D eigenvalue weighted by molar-refractivity contribution is 8.18. The van der Waals surface area contributed by atoms with E-state index in [0.717, 1.165) is 22.2 Å². The van der Waals surface area contributed by atoms with Crippen molar-refractivity contribution < 1.29 is 28.6 Å². The zero-order valence-electron chi connectivity index (χ0n) is 17.3. The van der Waals surface area contributed by atoms with Crippen molar-refractivity contribution in [2.24, 2.45) is 0 Å². The second-order valence-electron chi connectivity index (χ2n) is 6.38. The molecule has 1 N–H and O–H groups in total. The molecule has 0 unspecified atom stereocenters. The molecule has 162 valence electrons. The molecule has 0 aromatic heterocycles. The van der Waals surface area contributed by atoms with Gasteiger partial charge in [0.15, 0.2) is 11.5 Å². The van der Waals surface area contributed by atoms with Crippen LogP contribution in [-0.4, -0.2) is 56.4 Å². The van der Waals surface area contributed by atoms with Gasteiger partial charge in [-0.15, -0.1) is 0 Å². The third-order valence-corrected chi connectivity index (χ3v) is 5.45. The van der Waals surface area contributed by atoms with Gasteiger partial charge in [-0.25, -0.2) is 0 Å². The van der Waals surface area contributed by atoms with Crippen LogP contribution in [0, 0.1) is 0 Å². The van der Waals surface area contributed by atoms with E-state index in [0.29, 0.717) is 16.4 Å². The molecule has 1 saturated heterocycles. The minimum atomic E-state index is -0.426. The molecule has 3 amide bonds. The lowest BCUT2D eigenvalue weighted by molar-refractivity contribution is -0.122. The molecule has 1 aliphatic heterocycles. The molecule has 9 heteroatoms. The first kappa shape index (κ1) is 22.2. The van der Waals surface area contributed by atoms with Crippen molar-refractivity contribution >= 4 is 34.9 Å². The van der Waals surface area contributed by atoms with Crippen LogP contribution in [0.3, 0.4) is 0 Å². The van der Waals surface area contributed by atoms with Gasteiger partial charge in [0.1, 0.15) is 0 Å². The zero-order valence-corrected chi connectivity index (χ0v) is 18.2. The summed E-state index contributed by atoms with van der Waals surface area (Å²) in [4.78, 5) is 38.9. The largest absolute Gasteiger partial charge is 0.493 e. The summed E-state index contributed by atoms with van der Waals surface area (Å²) in [5, 5.41) is 2.33. The fourth-order valence-corrected chi connectivity index (χ4v) is 3.91. The van der Waals surface area contributed by atoms with Crippen LogP contribution in [0.1, 0.15) is 15.9 Å². The lowest BCUT2D eigenvalue weighted by atomic mass is 10.1. The average molecular weight is 442 g/mol. The van der Waals surface area contributed by atoms with E-state index >= 15 is 0 Å². The van der Waals surface area contributed by atoms with Gasteiger partial charge >= 0.3 is 0 Å². The first-order chi connectivity index (χ1) is 15.0. The van der Waals surface area contributed by atoms with Crippen molar-refractivity contribution in [1.82, 2.24) is 10.2 Å². The van der Waals surface area contributed by atoms with E-state index in [-0.39, 0.29) is 35.5 Å². The molecule has 1 aliphatic rings. The Labute approximate surface area is 184 Å². The lowest BCUT2D eigenvalue weighted by Gasteiger charge is -2.16. The summed E-state index contributed by atoms with van der Waals surface area (Å²) in [6.07, 6.45) is 1.68. The van der Waals surface area contributed by atoms with E-state index in [1.165, 1.54) is 21.3 Å². The molecular weight excluding hydrogens is 420 g/mol. The van der Waals surface area contributed by atoms with Crippen LogP contribution < -0.4 is 19.5 Å². The maximum absolute atomic E-state index is 12.6. The SMILES string of the molecule is COc1ccc(C(=O)NCCN2C(=O)SC(=Cc3ccccc3)C2=O)c(OC)c1OC. The number of methoxy groups -OCH3 is 3. The van der Waals surface area contributed by atoms with Crippen LogP contribution in [-0.2, 0) is 4.79 Å². The van der Waals surface area contributed by atoms with Gasteiger partial charge in [0.05, 0.1) is 31.8 Å². The number of carbonyl (C=O) groups is 3. The third-order valence-electron chi connectivity index (χ3n) is 4.54. The highest BCUT2D eigenvalue weighted by Gasteiger charge is 2.34. The van der Waals surface area contributed by atoms with Crippen molar-refractivity contribution in [2.45, 2.75) is 0 Å². The Morgan fingerprint density at radius 1 is 1.00 bits per heavy atom. The lowest BCUT2D eigenvalue weighted by Crippen LogP contribution is -2.37. The van der Waals surface area contributed by atoms with Crippen molar-refractivity contribution in [3.05, 3.63) is 58.5 Å². The Bertz CT molecular complexity index is 1020. The van der Waals surface area contributed by atoms with Crippen molar-refractivity contribution in [2.75, 3.05) is 34.4 Å². The van der Waals surface area contributed by atoms with Gasteiger partial charge in [0.2, 0.25) is 5.75 Å². The average Bonchev–Trinajstić information content (AvgIpc) is 3.05. The molecule has 0 radical (unpaired) electrons. The van der Waals surface area contributed by atoms with Gasteiger partial charge in [-0.3, -0.25) is 19.3 Å². The minimum Gasteiger partial charge on any atom is -0.493 e. The Balaban J connectivity index is 1.65.